The summed E-state index contributed by atoms with van der Waals surface area (Å²) in [6.45, 7) is 4.46. The fourth-order valence-corrected chi connectivity index (χ4v) is 2.24. The number of rotatable bonds is 6. The van der Waals surface area contributed by atoms with Crippen molar-refractivity contribution in [3.8, 4) is 0 Å². The molecule has 1 atom stereocenters. The van der Waals surface area contributed by atoms with Gasteiger partial charge in [-0.3, -0.25) is 13.9 Å². The summed E-state index contributed by atoms with van der Waals surface area (Å²) in [5, 5.41) is 0. The summed E-state index contributed by atoms with van der Waals surface area (Å²) in [4.78, 5) is 36.8. The molecule has 0 fully saturated rings. The van der Waals surface area contributed by atoms with Gasteiger partial charge in [-0.1, -0.05) is 26.7 Å². The number of unbranched alkanes of at least 4 members (excludes halogenated alkanes) is 1. The molecule has 24 heavy (non-hydrogen) atoms. The molecule has 10 heteroatoms. The second-order valence-electron chi connectivity index (χ2n) is 5.25. The quantitative estimate of drug-likeness (QED) is 0.615. The number of nitrogens with zero attached hydrogens (tertiary/aromatic N) is 4. The van der Waals surface area contributed by atoms with Gasteiger partial charge in [0.2, 0.25) is 0 Å². The molecule has 0 aliphatic rings. The molecule has 0 saturated heterocycles. The van der Waals surface area contributed by atoms with Gasteiger partial charge in [-0.15, -0.1) is 9.42 Å². The predicted molar refractivity (Wildman–Crippen MR) is 91.2 cm³/mol. The summed E-state index contributed by atoms with van der Waals surface area (Å²) in [6.07, 6.45) is 4.38. The number of aromatic nitrogens is 4. The van der Waals surface area contributed by atoms with Crippen molar-refractivity contribution in [2.45, 2.75) is 39.7 Å². The van der Waals surface area contributed by atoms with Crippen molar-refractivity contribution in [3.05, 3.63) is 27.2 Å². The average Bonchev–Trinajstić information content (AvgIpc) is 2.94. The van der Waals surface area contributed by atoms with Gasteiger partial charge in [-0.05, 0) is 6.42 Å². The molecule has 134 valence electrons. The van der Waals surface area contributed by atoms with Crippen molar-refractivity contribution in [3.63, 3.8) is 0 Å². The number of imidazole rings is 1. The lowest BCUT2D eigenvalue weighted by Gasteiger charge is -2.07. The second-order valence-corrected chi connectivity index (χ2v) is 5.98. The molecule has 0 aromatic carbocycles. The molecule has 9 nitrogen and oxygen atoms in total. The zero-order chi connectivity index (χ0) is 18.3. The van der Waals surface area contributed by atoms with Gasteiger partial charge in [0.1, 0.15) is 6.61 Å². The Balaban J connectivity index is 0.000000648. The molecule has 0 amide bonds. The first kappa shape index (κ1) is 20.2. The summed E-state index contributed by atoms with van der Waals surface area (Å²) in [6, 6.07) is 0. The molecule has 0 aliphatic heterocycles. The van der Waals surface area contributed by atoms with E-state index in [4.69, 9.17) is 4.89 Å². The summed E-state index contributed by atoms with van der Waals surface area (Å²) in [5.41, 5.74) is -0.249. The summed E-state index contributed by atoms with van der Waals surface area (Å²) in [7, 11) is 0.545. The Bertz CT molecular complexity index is 806. The van der Waals surface area contributed by atoms with Crippen molar-refractivity contribution in [2.24, 2.45) is 14.1 Å². The smallest absolute Gasteiger partial charge is 0.328 e. The van der Waals surface area contributed by atoms with Crippen LogP contribution in [0, 0.1) is 0 Å². The zero-order valence-corrected chi connectivity index (χ0v) is 15.3. The third-order valence-electron chi connectivity index (χ3n) is 3.43. The van der Waals surface area contributed by atoms with E-state index in [-0.39, 0.29) is 19.6 Å². The second kappa shape index (κ2) is 9.46. The average molecular weight is 359 g/mol. The van der Waals surface area contributed by atoms with Crippen LogP contribution in [-0.2, 0) is 29.7 Å². The number of hydrogen-bond donors (Lipinski definition) is 1. The first-order valence-corrected chi connectivity index (χ1v) is 8.88. The monoisotopic (exact) mass is 359 g/mol. The van der Waals surface area contributed by atoms with Crippen LogP contribution in [0.25, 0.3) is 11.2 Å². The highest BCUT2D eigenvalue weighted by atomic mass is 31.1. The molecule has 1 unspecified atom stereocenters. The van der Waals surface area contributed by atoms with Crippen LogP contribution in [0.3, 0.4) is 0 Å². The van der Waals surface area contributed by atoms with Crippen LogP contribution in [0.15, 0.2) is 15.9 Å². The highest BCUT2D eigenvalue weighted by molar-refractivity contribution is 7.32. The minimum absolute atomic E-state index is 0.00920. The van der Waals surface area contributed by atoms with Crippen LogP contribution in [0.2, 0.25) is 0 Å². The van der Waals surface area contributed by atoms with E-state index in [0.29, 0.717) is 11.2 Å². The molecule has 0 aliphatic carbocycles. The highest BCUT2D eigenvalue weighted by Gasteiger charge is 2.15. The van der Waals surface area contributed by atoms with Crippen LogP contribution < -0.4 is 11.2 Å². The van der Waals surface area contributed by atoms with E-state index < -0.39 is 19.5 Å². The first-order chi connectivity index (χ1) is 11.3. The van der Waals surface area contributed by atoms with Crippen molar-refractivity contribution in [1.29, 1.82) is 0 Å². The molecular weight excluding hydrogens is 335 g/mol. The maximum atomic E-state index is 12.3. The van der Waals surface area contributed by atoms with E-state index in [9.17, 15) is 14.2 Å². The zero-order valence-electron chi connectivity index (χ0n) is 14.4. The normalized spacial score (nSPS) is 11.3. The molecule has 2 heterocycles. The molecule has 0 saturated carbocycles. The van der Waals surface area contributed by atoms with Crippen LogP contribution in [0.1, 0.15) is 33.1 Å². The van der Waals surface area contributed by atoms with E-state index in [1.807, 2.05) is 0 Å². The Kier molecular flexibility index (Phi) is 7.97. The van der Waals surface area contributed by atoms with Crippen molar-refractivity contribution in [1.82, 2.24) is 18.7 Å². The predicted octanol–water partition coefficient (Wildman–Crippen LogP) is 1.30. The molecule has 0 spiro atoms. The van der Waals surface area contributed by atoms with Crippen LogP contribution >= 0.6 is 8.25 Å². The maximum Gasteiger partial charge on any atom is 0.694 e. The molecular formula is C14H24N4O5P+. The van der Waals surface area contributed by atoms with Crippen molar-refractivity contribution < 1.29 is 14.0 Å². The van der Waals surface area contributed by atoms with E-state index in [0.717, 1.165) is 4.57 Å². The summed E-state index contributed by atoms with van der Waals surface area (Å²) < 4.78 is 18.8. The number of fused-ring (bicyclic) bond motifs is 1. The molecule has 2 aromatic heterocycles. The molecule has 1 N–H and O–H groups in total. The van der Waals surface area contributed by atoms with Crippen LogP contribution in [-0.4, -0.2) is 30.2 Å². The van der Waals surface area contributed by atoms with Gasteiger partial charge < -0.3 is 4.57 Å². The maximum absolute atomic E-state index is 12.3. The fourth-order valence-electron chi connectivity index (χ4n) is 1.96. The van der Waals surface area contributed by atoms with Crippen LogP contribution in [0.5, 0.6) is 0 Å². The minimum atomic E-state index is -2.66. The minimum Gasteiger partial charge on any atom is -0.328 e. The summed E-state index contributed by atoms with van der Waals surface area (Å²) in [5.74, 6) is 0. The Morgan fingerprint density at radius 3 is 2.42 bits per heavy atom. The number of aryl methyl sites for hydroxylation is 2. The SMILES string of the molecule is CCCC.Cn1cnc2c1c(=O)n(CCCO[P+](=O)O)c(=O)n2C. The van der Waals surface area contributed by atoms with E-state index in [2.05, 4.69) is 23.4 Å². The Morgan fingerprint density at radius 2 is 1.88 bits per heavy atom. The largest absolute Gasteiger partial charge is 0.694 e. The van der Waals surface area contributed by atoms with Gasteiger partial charge in [0.15, 0.2) is 11.2 Å². The van der Waals surface area contributed by atoms with Crippen molar-refractivity contribution >= 4 is 19.4 Å². The van der Waals surface area contributed by atoms with Gasteiger partial charge in [-0.2, -0.15) is 0 Å². The van der Waals surface area contributed by atoms with Crippen molar-refractivity contribution in [2.75, 3.05) is 6.61 Å². The van der Waals surface area contributed by atoms with E-state index in [1.165, 1.54) is 30.8 Å². The Morgan fingerprint density at radius 1 is 1.25 bits per heavy atom. The highest BCUT2D eigenvalue weighted by Crippen LogP contribution is 2.14. The number of hydrogen-bond acceptors (Lipinski definition) is 5. The third kappa shape index (κ3) is 4.83. The standard InChI is InChI=1S/C10H13N4O5P.C4H10/c1-12-6-11-8-7(12)9(15)14(10(16)13(8)2)4-3-5-19-20(17)18;1-3-4-2/h6H,3-5H2,1-2H3;3-4H2,1-2H3/p+1. The summed E-state index contributed by atoms with van der Waals surface area (Å²) >= 11 is 0. The van der Waals surface area contributed by atoms with Gasteiger partial charge in [-0.25, -0.2) is 9.78 Å². The van der Waals surface area contributed by atoms with Crippen LogP contribution in [0.4, 0.5) is 0 Å². The Hall–Kier alpha value is -1.83. The van der Waals surface area contributed by atoms with E-state index >= 15 is 0 Å². The third-order valence-corrected chi connectivity index (χ3v) is 3.83. The molecule has 0 radical (unpaired) electrons. The lowest BCUT2D eigenvalue weighted by atomic mass is 10.4. The molecule has 2 aromatic rings. The van der Waals surface area contributed by atoms with E-state index in [1.54, 1.807) is 11.6 Å². The Labute approximate surface area is 140 Å². The lowest BCUT2D eigenvalue weighted by Crippen LogP contribution is -2.39. The topological polar surface area (TPSA) is 108 Å². The fraction of sp³-hybridized carbons (Fsp3) is 0.643. The lowest BCUT2D eigenvalue weighted by molar-refractivity contribution is 0.270. The van der Waals surface area contributed by atoms with Gasteiger partial charge >= 0.3 is 13.9 Å². The molecule has 2 rings (SSSR count). The van der Waals surface area contributed by atoms with Gasteiger partial charge in [0.25, 0.3) is 5.56 Å². The van der Waals surface area contributed by atoms with Gasteiger partial charge in [0.05, 0.1) is 6.33 Å². The van der Waals surface area contributed by atoms with Gasteiger partial charge in [0, 0.05) is 25.2 Å². The molecule has 0 bridgehead atoms. The first-order valence-electron chi connectivity index (χ1n) is 7.74.